The summed E-state index contributed by atoms with van der Waals surface area (Å²) in [6.07, 6.45) is -2.69. The smallest absolute Gasteiger partial charge is 0.417 e. The standard InChI is InChI=1S/C18H9Cl3F3N3O2/c19-13-6-15(21)25-8-12(13)16(28)27-10-1-3-11(4-2-10)29-17-14(20)5-9(7-26-17)18(22,23)24/h1-8H,(H,27,28). The second-order valence-corrected chi connectivity index (χ2v) is 6.78. The van der Waals surface area contributed by atoms with E-state index in [1.54, 1.807) is 0 Å². The van der Waals surface area contributed by atoms with Gasteiger partial charge in [0, 0.05) is 18.1 Å². The van der Waals surface area contributed by atoms with Crippen LogP contribution < -0.4 is 10.1 Å². The van der Waals surface area contributed by atoms with E-state index >= 15 is 0 Å². The van der Waals surface area contributed by atoms with Crippen molar-refractivity contribution in [3.63, 3.8) is 0 Å². The number of carbonyl (C=O) groups is 1. The molecule has 0 saturated carbocycles. The monoisotopic (exact) mass is 461 g/mol. The number of alkyl halides is 3. The number of nitrogens with one attached hydrogen (secondary N) is 1. The zero-order valence-electron chi connectivity index (χ0n) is 14.1. The Morgan fingerprint density at radius 3 is 2.24 bits per heavy atom. The fraction of sp³-hybridized carbons (Fsp3) is 0.0556. The molecule has 0 aliphatic rings. The number of nitrogens with zero attached hydrogens (tertiary/aromatic N) is 2. The second-order valence-electron chi connectivity index (χ2n) is 5.58. The molecule has 0 radical (unpaired) electrons. The van der Waals surface area contributed by atoms with Crippen molar-refractivity contribution < 1.29 is 22.7 Å². The van der Waals surface area contributed by atoms with Crippen LogP contribution in [0, 0.1) is 0 Å². The van der Waals surface area contributed by atoms with E-state index < -0.39 is 17.6 Å². The van der Waals surface area contributed by atoms with Gasteiger partial charge in [0.25, 0.3) is 5.91 Å². The summed E-state index contributed by atoms with van der Waals surface area (Å²) in [5.74, 6) is -0.431. The van der Waals surface area contributed by atoms with E-state index in [0.29, 0.717) is 11.9 Å². The summed E-state index contributed by atoms with van der Waals surface area (Å²) in [6.45, 7) is 0. The number of anilines is 1. The number of benzene rings is 1. The molecular weight excluding hydrogens is 454 g/mol. The minimum Gasteiger partial charge on any atom is -0.438 e. The zero-order chi connectivity index (χ0) is 21.2. The Balaban J connectivity index is 1.70. The molecular formula is C18H9Cl3F3N3O2. The third-order valence-corrected chi connectivity index (χ3v) is 4.32. The number of pyridine rings is 2. The number of rotatable bonds is 4. The molecule has 0 atom stereocenters. The summed E-state index contributed by atoms with van der Waals surface area (Å²) >= 11 is 17.5. The Bertz CT molecular complexity index is 1060. The highest BCUT2D eigenvalue weighted by Crippen LogP contribution is 2.34. The van der Waals surface area contributed by atoms with E-state index in [1.165, 1.54) is 36.5 Å². The lowest BCUT2D eigenvalue weighted by Gasteiger charge is -2.11. The van der Waals surface area contributed by atoms with Gasteiger partial charge >= 0.3 is 6.18 Å². The van der Waals surface area contributed by atoms with Gasteiger partial charge < -0.3 is 10.1 Å². The third-order valence-electron chi connectivity index (χ3n) is 3.53. The van der Waals surface area contributed by atoms with Gasteiger partial charge in [-0.2, -0.15) is 13.2 Å². The molecule has 5 nitrogen and oxygen atoms in total. The molecule has 0 bridgehead atoms. The summed E-state index contributed by atoms with van der Waals surface area (Å²) in [6, 6.07) is 8.06. The third kappa shape index (κ3) is 5.29. The van der Waals surface area contributed by atoms with E-state index in [0.717, 1.165) is 6.07 Å². The first-order valence-corrected chi connectivity index (χ1v) is 8.90. The van der Waals surface area contributed by atoms with Crippen molar-refractivity contribution in [1.82, 2.24) is 9.97 Å². The molecule has 11 heteroatoms. The fourth-order valence-corrected chi connectivity index (χ4v) is 2.80. The Morgan fingerprint density at radius 1 is 0.966 bits per heavy atom. The SMILES string of the molecule is O=C(Nc1ccc(Oc2ncc(C(F)(F)F)cc2Cl)cc1)c1cnc(Cl)cc1Cl. The lowest BCUT2D eigenvalue weighted by atomic mass is 10.2. The van der Waals surface area contributed by atoms with Crippen LogP contribution in [-0.2, 0) is 6.18 Å². The van der Waals surface area contributed by atoms with Crippen LogP contribution in [0.1, 0.15) is 15.9 Å². The van der Waals surface area contributed by atoms with Crippen molar-refractivity contribution >= 4 is 46.4 Å². The summed E-state index contributed by atoms with van der Waals surface area (Å²) in [5, 5.41) is 2.63. The molecule has 0 aliphatic carbocycles. The topological polar surface area (TPSA) is 64.1 Å². The van der Waals surface area contributed by atoms with Crippen LogP contribution in [0.5, 0.6) is 11.6 Å². The largest absolute Gasteiger partial charge is 0.438 e. The summed E-state index contributed by atoms with van der Waals surface area (Å²) in [5.41, 5.74) is -0.430. The van der Waals surface area contributed by atoms with Crippen LogP contribution >= 0.6 is 34.8 Å². The molecule has 1 N–H and O–H groups in total. The normalized spacial score (nSPS) is 11.2. The number of halogens is 6. The molecule has 150 valence electrons. The van der Waals surface area contributed by atoms with Crippen LogP contribution in [0.4, 0.5) is 18.9 Å². The van der Waals surface area contributed by atoms with Gasteiger partial charge in [-0.15, -0.1) is 0 Å². The van der Waals surface area contributed by atoms with Crippen molar-refractivity contribution in [2.45, 2.75) is 6.18 Å². The van der Waals surface area contributed by atoms with E-state index in [4.69, 9.17) is 39.5 Å². The minimum atomic E-state index is -4.56. The van der Waals surface area contributed by atoms with Crippen molar-refractivity contribution in [1.29, 1.82) is 0 Å². The molecule has 2 aromatic heterocycles. The highest BCUT2D eigenvalue weighted by atomic mass is 35.5. The number of aromatic nitrogens is 2. The van der Waals surface area contributed by atoms with Crippen molar-refractivity contribution in [3.05, 3.63) is 75.1 Å². The lowest BCUT2D eigenvalue weighted by molar-refractivity contribution is -0.137. The summed E-state index contributed by atoms with van der Waals surface area (Å²) in [4.78, 5) is 19.6. The molecule has 1 aromatic carbocycles. The quantitative estimate of drug-likeness (QED) is 0.450. The molecule has 3 rings (SSSR count). The molecule has 29 heavy (non-hydrogen) atoms. The Labute approximate surface area is 177 Å². The first-order valence-electron chi connectivity index (χ1n) is 7.76. The maximum Gasteiger partial charge on any atom is 0.417 e. The van der Waals surface area contributed by atoms with Crippen LogP contribution in [0.2, 0.25) is 15.2 Å². The summed E-state index contributed by atoms with van der Waals surface area (Å²) in [7, 11) is 0. The van der Waals surface area contributed by atoms with Crippen LogP contribution in [0.15, 0.2) is 48.8 Å². The number of carbonyl (C=O) groups excluding carboxylic acids is 1. The number of amides is 1. The maximum atomic E-state index is 12.6. The number of ether oxygens (including phenoxy) is 1. The van der Waals surface area contributed by atoms with Crippen LogP contribution in [0.25, 0.3) is 0 Å². The van der Waals surface area contributed by atoms with Gasteiger partial charge in [0.1, 0.15) is 15.9 Å². The van der Waals surface area contributed by atoms with Gasteiger partial charge in [0.15, 0.2) is 0 Å². The van der Waals surface area contributed by atoms with E-state index in [-0.39, 0.29) is 32.4 Å². The Kier molecular flexibility index (Phi) is 6.16. The van der Waals surface area contributed by atoms with Gasteiger partial charge in [0.2, 0.25) is 5.88 Å². The van der Waals surface area contributed by atoms with E-state index in [9.17, 15) is 18.0 Å². The molecule has 0 aliphatic heterocycles. The average molecular weight is 463 g/mol. The predicted molar refractivity (Wildman–Crippen MR) is 103 cm³/mol. The maximum absolute atomic E-state index is 12.6. The zero-order valence-corrected chi connectivity index (χ0v) is 16.4. The van der Waals surface area contributed by atoms with Crippen molar-refractivity contribution in [2.24, 2.45) is 0 Å². The van der Waals surface area contributed by atoms with Crippen molar-refractivity contribution in [3.8, 4) is 11.6 Å². The van der Waals surface area contributed by atoms with E-state index in [2.05, 4.69) is 15.3 Å². The Hall–Kier alpha value is -2.55. The van der Waals surface area contributed by atoms with Gasteiger partial charge in [-0.3, -0.25) is 4.79 Å². The Morgan fingerprint density at radius 2 is 1.66 bits per heavy atom. The number of hydrogen-bond acceptors (Lipinski definition) is 4. The second kappa shape index (κ2) is 8.44. The highest BCUT2D eigenvalue weighted by Gasteiger charge is 2.31. The van der Waals surface area contributed by atoms with Gasteiger partial charge in [-0.1, -0.05) is 34.8 Å². The first-order chi connectivity index (χ1) is 13.6. The van der Waals surface area contributed by atoms with E-state index in [1.807, 2.05) is 0 Å². The lowest BCUT2D eigenvalue weighted by Crippen LogP contribution is -2.12. The molecule has 3 aromatic rings. The fourth-order valence-electron chi connectivity index (χ4n) is 2.15. The molecule has 0 spiro atoms. The first kappa shape index (κ1) is 21.2. The van der Waals surface area contributed by atoms with Crippen LogP contribution in [-0.4, -0.2) is 15.9 Å². The minimum absolute atomic E-state index is 0.136. The molecule has 0 saturated heterocycles. The highest BCUT2D eigenvalue weighted by molar-refractivity contribution is 6.36. The summed E-state index contributed by atoms with van der Waals surface area (Å²) < 4.78 is 43.3. The molecule has 1 amide bonds. The average Bonchev–Trinajstić information content (AvgIpc) is 2.64. The molecule has 2 heterocycles. The van der Waals surface area contributed by atoms with Gasteiger partial charge in [-0.25, -0.2) is 9.97 Å². The predicted octanol–water partition coefficient (Wildman–Crippen LogP) is 6.50. The van der Waals surface area contributed by atoms with Gasteiger partial charge in [0.05, 0.1) is 16.1 Å². The van der Waals surface area contributed by atoms with Crippen LogP contribution in [0.3, 0.4) is 0 Å². The molecule has 0 unspecified atom stereocenters. The van der Waals surface area contributed by atoms with Crippen molar-refractivity contribution in [2.75, 3.05) is 5.32 Å². The number of hydrogen-bond donors (Lipinski definition) is 1. The van der Waals surface area contributed by atoms with Gasteiger partial charge in [-0.05, 0) is 36.4 Å². The molecule has 0 fully saturated rings.